The highest BCUT2D eigenvalue weighted by Crippen LogP contribution is 2.20. The second-order valence-electron chi connectivity index (χ2n) is 5.20. The molecule has 0 aliphatic carbocycles. The third kappa shape index (κ3) is 3.62. The number of benzene rings is 1. The number of methoxy groups -OCH3 is 1. The topological polar surface area (TPSA) is 85.6 Å². The molecule has 2 N–H and O–H groups in total. The lowest BCUT2D eigenvalue weighted by Crippen LogP contribution is -2.43. The zero-order valence-corrected chi connectivity index (χ0v) is 12.4. The Balaban J connectivity index is 1.63. The predicted octanol–water partition coefficient (Wildman–Crippen LogP) is 1.29. The van der Waals surface area contributed by atoms with Crippen LogP contribution in [0.25, 0.3) is 11.1 Å². The van der Waals surface area contributed by atoms with E-state index in [0.717, 1.165) is 6.54 Å². The number of nitrogens with one attached hydrogen (secondary N) is 2. The SMILES string of the molecule is COCc1nc2cc(NC(=O)CC3COCCN3)ccc2o1. The van der Waals surface area contributed by atoms with Crippen LogP contribution >= 0.6 is 0 Å². The van der Waals surface area contributed by atoms with Crippen molar-refractivity contribution in [3.63, 3.8) is 0 Å². The van der Waals surface area contributed by atoms with Crippen molar-refractivity contribution in [3.8, 4) is 0 Å². The fourth-order valence-electron chi connectivity index (χ4n) is 2.42. The minimum Gasteiger partial charge on any atom is -0.438 e. The molecule has 2 heterocycles. The van der Waals surface area contributed by atoms with Gasteiger partial charge in [0.05, 0.1) is 13.2 Å². The highest BCUT2D eigenvalue weighted by atomic mass is 16.5. The molecule has 3 rings (SSSR count). The van der Waals surface area contributed by atoms with E-state index in [1.165, 1.54) is 0 Å². The maximum absolute atomic E-state index is 12.1. The summed E-state index contributed by atoms with van der Waals surface area (Å²) in [5.74, 6) is 0.465. The van der Waals surface area contributed by atoms with E-state index in [0.29, 0.717) is 48.9 Å². The number of hydrogen-bond acceptors (Lipinski definition) is 6. The van der Waals surface area contributed by atoms with E-state index in [-0.39, 0.29) is 11.9 Å². The summed E-state index contributed by atoms with van der Waals surface area (Å²) in [6.07, 6.45) is 0.381. The summed E-state index contributed by atoms with van der Waals surface area (Å²) < 4.78 is 15.8. The molecule has 1 unspecified atom stereocenters. The second kappa shape index (κ2) is 6.87. The first-order valence-corrected chi connectivity index (χ1v) is 7.24. The Hall–Kier alpha value is -1.96. The van der Waals surface area contributed by atoms with Gasteiger partial charge in [-0.2, -0.15) is 0 Å². The van der Waals surface area contributed by atoms with Gasteiger partial charge in [0.15, 0.2) is 5.58 Å². The van der Waals surface area contributed by atoms with Crippen molar-refractivity contribution in [1.29, 1.82) is 0 Å². The maximum atomic E-state index is 12.1. The van der Waals surface area contributed by atoms with Crippen LogP contribution in [0.4, 0.5) is 5.69 Å². The number of hydrogen-bond donors (Lipinski definition) is 2. The number of nitrogens with zero attached hydrogens (tertiary/aromatic N) is 1. The largest absolute Gasteiger partial charge is 0.438 e. The van der Waals surface area contributed by atoms with Gasteiger partial charge in [-0.25, -0.2) is 4.98 Å². The number of rotatable bonds is 5. The van der Waals surface area contributed by atoms with Gasteiger partial charge in [0, 0.05) is 31.8 Å². The summed E-state index contributed by atoms with van der Waals surface area (Å²) in [5.41, 5.74) is 2.07. The number of amides is 1. The van der Waals surface area contributed by atoms with Crippen molar-refractivity contribution in [2.24, 2.45) is 0 Å². The van der Waals surface area contributed by atoms with Crippen LogP contribution in [0.1, 0.15) is 12.3 Å². The summed E-state index contributed by atoms with van der Waals surface area (Å²) in [4.78, 5) is 16.4. The van der Waals surface area contributed by atoms with Gasteiger partial charge >= 0.3 is 0 Å². The summed E-state index contributed by atoms with van der Waals surface area (Å²) >= 11 is 0. The molecule has 1 aromatic heterocycles. The molecule has 0 spiro atoms. The number of anilines is 1. The maximum Gasteiger partial charge on any atom is 0.226 e. The molecular formula is C15H19N3O4. The third-order valence-corrected chi connectivity index (χ3v) is 3.41. The normalized spacial score (nSPS) is 18.5. The number of oxazole rings is 1. The number of ether oxygens (including phenoxy) is 2. The van der Waals surface area contributed by atoms with E-state index in [2.05, 4.69) is 15.6 Å². The molecule has 0 radical (unpaired) electrons. The molecule has 2 aromatic rings. The fourth-order valence-corrected chi connectivity index (χ4v) is 2.42. The fraction of sp³-hybridized carbons (Fsp3) is 0.467. The molecule has 1 amide bonds. The van der Waals surface area contributed by atoms with E-state index < -0.39 is 0 Å². The van der Waals surface area contributed by atoms with Gasteiger partial charge in [-0.1, -0.05) is 0 Å². The quantitative estimate of drug-likeness (QED) is 0.866. The van der Waals surface area contributed by atoms with Crippen LogP contribution in [0.3, 0.4) is 0 Å². The van der Waals surface area contributed by atoms with Crippen molar-refractivity contribution in [3.05, 3.63) is 24.1 Å². The highest BCUT2D eigenvalue weighted by molar-refractivity contribution is 5.93. The molecule has 0 bridgehead atoms. The molecule has 7 nitrogen and oxygen atoms in total. The van der Waals surface area contributed by atoms with Gasteiger partial charge in [-0.05, 0) is 18.2 Å². The van der Waals surface area contributed by atoms with Gasteiger partial charge in [-0.3, -0.25) is 4.79 Å². The number of carbonyl (C=O) groups excluding carboxylic acids is 1. The molecule has 118 valence electrons. The monoisotopic (exact) mass is 305 g/mol. The van der Waals surface area contributed by atoms with Crippen LogP contribution in [0, 0.1) is 0 Å². The van der Waals surface area contributed by atoms with E-state index >= 15 is 0 Å². The molecule has 7 heteroatoms. The molecule has 1 fully saturated rings. The standard InChI is InChI=1S/C15H19N3O4/c1-20-9-15-18-12-6-10(2-3-13(12)22-15)17-14(19)7-11-8-21-5-4-16-11/h2-3,6,11,16H,4-5,7-9H2,1H3,(H,17,19). The molecule has 1 aromatic carbocycles. The van der Waals surface area contributed by atoms with Crippen LogP contribution in [0.5, 0.6) is 0 Å². The Morgan fingerprint density at radius 3 is 3.23 bits per heavy atom. The van der Waals surface area contributed by atoms with Gasteiger partial charge in [0.25, 0.3) is 0 Å². The van der Waals surface area contributed by atoms with Crippen LogP contribution < -0.4 is 10.6 Å². The molecular weight excluding hydrogens is 286 g/mol. The zero-order valence-electron chi connectivity index (χ0n) is 12.4. The average Bonchev–Trinajstić information content (AvgIpc) is 2.90. The van der Waals surface area contributed by atoms with Crippen molar-refractivity contribution in [2.75, 3.05) is 32.2 Å². The van der Waals surface area contributed by atoms with Gasteiger partial charge in [-0.15, -0.1) is 0 Å². The molecule has 1 atom stereocenters. The Kier molecular flexibility index (Phi) is 4.67. The average molecular weight is 305 g/mol. The first-order chi connectivity index (χ1) is 10.7. The highest BCUT2D eigenvalue weighted by Gasteiger charge is 2.17. The number of fused-ring (bicyclic) bond motifs is 1. The minimum absolute atomic E-state index is 0.0528. The van der Waals surface area contributed by atoms with Crippen LogP contribution in [-0.4, -0.2) is 43.8 Å². The summed E-state index contributed by atoms with van der Waals surface area (Å²) in [7, 11) is 1.59. The number of morpholine rings is 1. The lowest BCUT2D eigenvalue weighted by atomic mass is 10.2. The van der Waals surface area contributed by atoms with Crippen molar-refractivity contribution in [2.45, 2.75) is 19.1 Å². The Labute approximate surface area is 128 Å². The minimum atomic E-state index is -0.0528. The summed E-state index contributed by atoms with van der Waals surface area (Å²) in [6.45, 7) is 2.37. The molecule has 0 saturated carbocycles. The van der Waals surface area contributed by atoms with E-state index in [1.807, 2.05) is 0 Å². The number of carbonyl (C=O) groups is 1. The second-order valence-corrected chi connectivity index (χ2v) is 5.20. The Morgan fingerprint density at radius 1 is 1.55 bits per heavy atom. The molecule has 1 aliphatic rings. The predicted molar refractivity (Wildman–Crippen MR) is 80.6 cm³/mol. The van der Waals surface area contributed by atoms with E-state index in [4.69, 9.17) is 13.9 Å². The molecule has 1 aliphatic heterocycles. The zero-order chi connectivity index (χ0) is 15.4. The Morgan fingerprint density at radius 2 is 2.45 bits per heavy atom. The van der Waals surface area contributed by atoms with E-state index in [9.17, 15) is 4.79 Å². The first-order valence-electron chi connectivity index (χ1n) is 7.24. The summed E-state index contributed by atoms with van der Waals surface area (Å²) in [5, 5.41) is 6.13. The lowest BCUT2D eigenvalue weighted by molar-refractivity contribution is -0.117. The third-order valence-electron chi connectivity index (χ3n) is 3.41. The van der Waals surface area contributed by atoms with Crippen LogP contribution in [-0.2, 0) is 20.9 Å². The van der Waals surface area contributed by atoms with Crippen molar-refractivity contribution < 1.29 is 18.7 Å². The molecule has 1 saturated heterocycles. The van der Waals surface area contributed by atoms with Crippen molar-refractivity contribution >= 4 is 22.7 Å². The first kappa shape index (κ1) is 15.0. The van der Waals surface area contributed by atoms with Gasteiger partial charge in [0.1, 0.15) is 12.1 Å². The Bertz CT molecular complexity index is 649. The molecule has 22 heavy (non-hydrogen) atoms. The van der Waals surface area contributed by atoms with Gasteiger partial charge in [0.2, 0.25) is 11.8 Å². The van der Waals surface area contributed by atoms with Crippen molar-refractivity contribution in [1.82, 2.24) is 10.3 Å². The lowest BCUT2D eigenvalue weighted by Gasteiger charge is -2.23. The van der Waals surface area contributed by atoms with Crippen LogP contribution in [0.2, 0.25) is 0 Å². The van der Waals surface area contributed by atoms with Crippen LogP contribution in [0.15, 0.2) is 22.6 Å². The summed E-state index contributed by atoms with van der Waals surface area (Å²) in [6, 6.07) is 5.45. The van der Waals surface area contributed by atoms with E-state index in [1.54, 1.807) is 25.3 Å². The van der Waals surface area contributed by atoms with Gasteiger partial charge < -0.3 is 24.5 Å². The smallest absolute Gasteiger partial charge is 0.226 e. The number of aromatic nitrogens is 1.